The summed E-state index contributed by atoms with van der Waals surface area (Å²) in [5.41, 5.74) is 5.89. The summed E-state index contributed by atoms with van der Waals surface area (Å²) in [6.45, 7) is 7.21. The van der Waals surface area contributed by atoms with E-state index in [-0.39, 0.29) is 0 Å². The number of rotatable bonds is 3. The van der Waals surface area contributed by atoms with Crippen molar-refractivity contribution >= 4 is 27.9 Å². The van der Waals surface area contributed by atoms with Gasteiger partial charge in [0.15, 0.2) is 0 Å². The molecule has 2 aliphatic heterocycles. The molecule has 7 heteroatoms. The van der Waals surface area contributed by atoms with Crippen molar-refractivity contribution in [2.24, 2.45) is 0 Å². The molecular weight excluding hydrogens is 332 g/mol. The first-order valence-electron chi connectivity index (χ1n) is 8.45. The summed E-state index contributed by atoms with van der Waals surface area (Å²) in [5, 5.41) is 5.84. The predicted octanol–water partition coefficient (Wildman–Crippen LogP) is 3.31. The summed E-state index contributed by atoms with van der Waals surface area (Å²) in [7, 11) is 0. The van der Waals surface area contributed by atoms with Crippen LogP contribution >= 0.6 is 11.3 Å². The second-order valence-electron chi connectivity index (χ2n) is 6.39. The molecule has 3 aromatic heterocycles. The topological polar surface area (TPSA) is 50.1 Å². The Morgan fingerprint density at radius 3 is 2.68 bits per heavy atom. The van der Waals surface area contributed by atoms with Crippen LogP contribution in [0.3, 0.4) is 0 Å². The summed E-state index contributed by atoms with van der Waals surface area (Å²) in [6.07, 6.45) is 8.37. The van der Waals surface area contributed by atoms with Crippen LogP contribution in [0.4, 0.5) is 10.8 Å². The fourth-order valence-electron chi connectivity index (χ4n) is 3.49. The summed E-state index contributed by atoms with van der Waals surface area (Å²) in [6, 6.07) is 4.18. The fourth-order valence-corrected chi connectivity index (χ4v) is 4.15. The van der Waals surface area contributed by atoms with Crippen molar-refractivity contribution in [3.63, 3.8) is 0 Å². The van der Waals surface area contributed by atoms with Gasteiger partial charge in [0, 0.05) is 24.8 Å². The molecule has 0 bridgehead atoms. The van der Waals surface area contributed by atoms with Crippen LogP contribution < -0.4 is 9.80 Å². The van der Waals surface area contributed by atoms with Gasteiger partial charge < -0.3 is 9.80 Å². The number of fused-ring (bicyclic) bond motifs is 1. The molecule has 0 N–H and O–H groups in total. The first kappa shape index (κ1) is 14.7. The Labute approximate surface area is 150 Å². The molecule has 0 aromatic carbocycles. The Morgan fingerprint density at radius 2 is 2.00 bits per heavy atom. The first-order valence-corrected chi connectivity index (χ1v) is 9.33. The molecule has 6 nitrogen and oxygen atoms in total. The Morgan fingerprint density at radius 1 is 1.12 bits per heavy atom. The second kappa shape index (κ2) is 5.70. The predicted molar refractivity (Wildman–Crippen MR) is 100 cm³/mol. The molecule has 0 atom stereocenters. The highest BCUT2D eigenvalue weighted by atomic mass is 32.1. The van der Waals surface area contributed by atoms with Gasteiger partial charge in [-0.15, -0.1) is 11.3 Å². The van der Waals surface area contributed by atoms with E-state index in [0.29, 0.717) is 0 Å². The number of hydrogen-bond donors (Lipinski definition) is 0. The quantitative estimate of drug-likeness (QED) is 0.725. The molecule has 25 heavy (non-hydrogen) atoms. The summed E-state index contributed by atoms with van der Waals surface area (Å²) >= 11 is 1.62. The molecule has 126 valence electrons. The minimum atomic E-state index is 0.787. The van der Waals surface area contributed by atoms with Crippen molar-refractivity contribution in [1.29, 1.82) is 0 Å². The third kappa shape index (κ3) is 2.42. The number of aromatic nitrogens is 4. The zero-order chi connectivity index (χ0) is 16.8. The van der Waals surface area contributed by atoms with Crippen LogP contribution in [-0.2, 0) is 6.54 Å². The van der Waals surface area contributed by atoms with Gasteiger partial charge in [-0.2, -0.15) is 5.10 Å². The molecule has 5 rings (SSSR count). The van der Waals surface area contributed by atoms with Crippen LogP contribution in [0.5, 0.6) is 0 Å². The molecule has 1 saturated heterocycles. The van der Waals surface area contributed by atoms with Gasteiger partial charge in [-0.3, -0.25) is 4.98 Å². The number of pyridine rings is 1. The molecule has 0 radical (unpaired) electrons. The van der Waals surface area contributed by atoms with Crippen LogP contribution in [0.2, 0.25) is 0 Å². The van der Waals surface area contributed by atoms with E-state index in [1.54, 1.807) is 11.3 Å². The highest BCUT2D eigenvalue weighted by molar-refractivity contribution is 7.13. The SMILES string of the molecule is C=C1c2nn(-c3ccc(N4CCCC4)nc3)cc2CN1c1cncs1. The maximum atomic E-state index is 4.74. The molecule has 0 spiro atoms. The number of anilines is 2. The van der Waals surface area contributed by atoms with Crippen LogP contribution in [0.15, 0.2) is 42.8 Å². The highest BCUT2D eigenvalue weighted by Gasteiger charge is 2.28. The summed E-state index contributed by atoms with van der Waals surface area (Å²) in [4.78, 5) is 13.3. The zero-order valence-corrected chi connectivity index (χ0v) is 14.6. The average molecular weight is 350 g/mol. The lowest BCUT2D eigenvalue weighted by molar-refractivity contribution is 0.854. The second-order valence-corrected chi connectivity index (χ2v) is 7.25. The third-order valence-electron chi connectivity index (χ3n) is 4.83. The Kier molecular flexibility index (Phi) is 3.34. The van der Waals surface area contributed by atoms with E-state index < -0.39 is 0 Å². The third-order valence-corrected chi connectivity index (χ3v) is 5.62. The van der Waals surface area contributed by atoms with Gasteiger partial charge >= 0.3 is 0 Å². The van der Waals surface area contributed by atoms with Crippen molar-refractivity contribution < 1.29 is 0 Å². The van der Waals surface area contributed by atoms with E-state index in [0.717, 1.165) is 47.5 Å². The number of hydrogen-bond acceptors (Lipinski definition) is 6. The largest absolute Gasteiger partial charge is 0.357 e. The van der Waals surface area contributed by atoms with E-state index in [2.05, 4.69) is 44.7 Å². The monoisotopic (exact) mass is 350 g/mol. The van der Waals surface area contributed by atoms with Crippen LogP contribution in [-0.4, -0.2) is 32.8 Å². The Hall–Kier alpha value is -2.67. The standard InChI is InChI=1S/C18H18N6S/c1-13-18-14(10-23(13)17-9-19-12-25-17)11-24(21-18)15-4-5-16(20-8-15)22-6-2-3-7-22/h4-5,8-9,11-12H,1-3,6-7,10H2. The van der Waals surface area contributed by atoms with Crippen molar-refractivity contribution in [3.05, 3.63) is 54.1 Å². The van der Waals surface area contributed by atoms with Crippen LogP contribution in [0, 0.1) is 0 Å². The van der Waals surface area contributed by atoms with Crippen molar-refractivity contribution in [3.8, 4) is 5.69 Å². The molecule has 0 amide bonds. The van der Waals surface area contributed by atoms with Gasteiger partial charge in [0.05, 0.1) is 35.8 Å². The first-order chi connectivity index (χ1) is 12.3. The van der Waals surface area contributed by atoms with Crippen molar-refractivity contribution in [1.82, 2.24) is 19.7 Å². The van der Waals surface area contributed by atoms with E-state index in [4.69, 9.17) is 5.10 Å². The number of thiazole rings is 1. The maximum absolute atomic E-state index is 4.74. The van der Waals surface area contributed by atoms with Gasteiger partial charge in [-0.05, 0) is 25.0 Å². The molecule has 3 aromatic rings. The smallest absolute Gasteiger partial charge is 0.128 e. The lowest BCUT2D eigenvalue weighted by atomic mass is 10.3. The van der Waals surface area contributed by atoms with E-state index in [9.17, 15) is 0 Å². The molecular formula is C18H18N6S. The zero-order valence-electron chi connectivity index (χ0n) is 13.8. The van der Waals surface area contributed by atoms with Gasteiger partial charge in [0.25, 0.3) is 0 Å². The van der Waals surface area contributed by atoms with Gasteiger partial charge in [-0.1, -0.05) is 6.58 Å². The van der Waals surface area contributed by atoms with Gasteiger partial charge in [0.1, 0.15) is 16.5 Å². The summed E-state index contributed by atoms with van der Waals surface area (Å²) in [5.74, 6) is 1.06. The van der Waals surface area contributed by atoms with E-state index in [1.165, 1.54) is 18.4 Å². The lowest BCUT2D eigenvalue weighted by Gasteiger charge is -2.17. The molecule has 1 fully saturated rings. The maximum Gasteiger partial charge on any atom is 0.128 e. The van der Waals surface area contributed by atoms with Crippen LogP contribution in [0.1, 0.15) is 24.1 Å². The van der Waals surface area contributed by atoms with Crippen LogP contribution in [0.25, 0.3) is 11.4 Å². The molecule has 0 aliphatic carbocycles. The van der Waals surface area contributed by atoms with E-state index in [1.807, 2.05) is 22.6 Å². The molecule has 2 aliphatic rings. The molecule has 5 heterocycles. The molecule has 0 unspecified atom stereocenters. The summed E-state index contributed by atoms with van der Waals surface area (Å²) < 4.78 is 1.90. The molecule has 0 saturated carbocycles. The fraction of sp³-hybridized carbons (Fsp3) is 0.278. The average Bonchev–Trinajstić information content (AvgIpc) is 3.42. The minimum absolute atomic E-state index is 0.787. The minimum Gasteiger partial charge on any atom is -0.357 e. The Balaban J connectivity index is 1.40. The van der Waals surface area contributed by atoms with Crippen molar-refractivity contribution in [2.75, 3.05) is 22.9 Å². The van der Waals surface area contributed by atoms with E-state index >= 15 is 0 Å². The number of nitrogens with zero attached hydrogens (tertiary/aromatic N) is 6. The normalized spacial score (nSPS) is 16.7. The van der Waals surface area contributed by atoms with Crippen molar-refractivity contribution in [2.45, 2.75) is 19.4 Å². The highest BCUT2D eigenvalue weighted by Crippen LogP contribution is 2.36. The Bertz CT molecular complexity index is 906. The van der Waals surface area contributed by atoms with Gasteiger partial charge in [-0.25, -0.2) is 9.67 Å². The lowest BCUT2D eigenvalue weighted by Crippen LogP contribution is -2.18. The van der Waals surface area contributed by atoms with Gasteiger partial charge in [0.2, 0.25) is 0 Å².